The predicted octanol–water partition coefficient (Wildman–Crippen LogP) is 3.67. The molecule has 1 amide bonds. The molecule has 1 aliphatic heterocycles. The van der Waals surface area contributed by atoms with Crippen molar-refractivity contribution in [1.82, 2.24) is 10.2 Å². The van der Waals surface area contributed by atoms with Gasteiger partial charge in [0, 0.05) is 37.9 Å². The van der Waals surface area contributed by atoms with Gasteiger partial charge in [-0.15, -0.1) is 0 Å². The molecule has 0 bridgehead atoms. The third-order valence-corrected chi connectivity index (χ3v) is 6.16. The van der Waals surface area contributed by atoms with Crippen molar-refractivity contribution in [1.29, 1.82) is 0 Å². The highest BCUT2D eigenvalue weighted by molar-refractivity contribution is 5.78. The second-order valence-corrected chi connectivity index (χ2v) is 9.17. The van der Waals surface area contributed by atoms with E-state index in [1.165, 1.54) is 31.4 Å². The summed E-state index contributed by atoms with van der Waals surface area (Å²) in [4.78, 5) is 17.1. The number of carbonyl (C=O) groups is 1. The average Bonchev–Trinajstić information content (AvgIpc) is 2.62. The molecule has 0 aromatic heterocycles. The summed E-state index contributed by atoms with van der Waals surface area (Å²) in [5.41, 5.74) is 1.29. The summed E-state index contributed by atoms with van der Waals surface area (Å²) in [5.74, 6) is 0.516. The lowest BCUT2D eigenvalue weighted by Gasteiger charge is -2.41. The van der Waals surface area contributed by atoms with Gasteiger partial charge in [-0.3, -0.25) is 9.69 Å². The Balaban J connectivity index is 1.47. The molecule has 1 aliphatic carbocycles. The zero-order valence-corrected chi connectivity index (χ0v) is 17.0. The highest BCUT2D eigenvalue weighted by atomic mass is 19.1. The number of hydrogen-bond donors (Lipinski definition) is 1. The molecule has 1 aromatic rings. The fourth-order valence-corrected chi connectivity index (χ4v) is 4.61. The van der Waals surface area contributed by atoms with Gasteiger partial charge < -0.3 is 10.2 Å². The van der Waals surface area contributed by atoms with Gasteiger partial charge in [0.15, 0.2) is 0 Å². The summed E-state index contributed by atoms with van der Waals surface area (Å²) in [6.45, 7) is 10.8. The minimum absolute atomic E-state index is 0.159. The van der Waals surface area contributed by atoms with E-state index in [0.717, 1.165) is 38.3 Å². The number of halogens is 1. The zero-order chi connectivity index (χ0) is 19.4. The van der Waals surface area contributed by atoms with Gasteiger partial charge in [0.05, 0.1) is 6.54 Å². The number of nitrogens with zero attached hydrogens (tertiary/aromatic N) is 2. The summed E-state index contributed by atoms with van der Waals surface area (Å²) >= 11 is 0. The lowest BCUT2D eigenvalue weighted by Crippen LogP contribution is -2.52. The fraction of sp³-hybridized carbons (Fsp3) is 0.682. The summed E-state index contributed by atoms with van der Waals surface area (Å²) in [6.07, 6.45) is 4.81. The molecule has 0 radical (unpaired) electrons. The highest BCUT2D eigenvalue weighted by Crippen LogP contribution is 2.37. The van der Waals surface area contributed by atoms with Crippen LogP contribution in [0.1, 0.15) is 46.5 Å². The first kappa shape index (κ1) is 20.1. The molecule has 1 saturated carbocycles. The van der Waals surface area contributed by atoms with Crippen LogP contribution in [0.4, 0.5) is 10.1 Å². The first-order valence-corrected chi connectivity index (χ1v) is 10.3. The third kappa shape index (κ3) is 5.44. The molecule has 0 unspecified atom stereocenters. The molecule has 3 rings (SSSR count). The van der Waals surface area contributed by atoms with Crippen molar-refractivity contribution in [3.63, 3.8) is 0 Å². The molecule has 1 aromatic carbocycles. The highest BCUT2D eigenvalue weighted by Gasteiger charge is 2.35. The molecule has 2 atom stereocenters. The Morgan fingerprint density at radius 3 is 2.33 bits per heavy atom. The maximum Gasteiger partial charge on any atom is 0.234 e. The number of rotatable bonds is 4. The van der Waals surface area contributed by atoms with Crippen LogP contribution < -0.4 is 10.2 Å². The Morgan fingerprint density at radius 2 is 1.70 bits per heavy atom. The molecule has 1 saturated heterocycles. The van der Waals surface area contributed by atoms with Gasteiger partial charge in [-0.25, -0.2) is 4.39 Å². The smallest absolute Gasteiger partial charge is 0.234 e. The van der Waals surface area contributed by atoms with Crippen LogP contribution in [0.5, 0.6) is 0 Å². The Morgan fingerprint density at radius 1 is 1.07 bits per heavy atom. The van der Waals surface area contributed by atoms with Gasteiger partial charge in [-0.1, -0.05) is 33.6 Å². The van der Waals surface area contributed by atoms with Gasteiger partial charge >= 0.3 is 0 Å². The van der Waals surface area contributed by atoms with Crippen molar-refractivity contribution >= 4 is 11.6 Å². The van der Waals surface area contributed by atoms with E-state index in [2.05, 4.69) is 35.9 Å². The van der Waals surface area contributed by atoms with Gasteiger partial charge in [0.2, 0.25) is 5.91 Å². The van der Waals surface area contributed by atoms with Crippen molar-refractivity contribution in [2.24, 2.45) is 11.3 Å². The largest absolute Gasteiger partial charge is 0.369 e. The monoisotopic (exact) mass is 375 g/mol. The van der Waals surface area contributed by atoms with E-state index < -0.39 is 0 Å². The molecule has 1 N–H and O–H groups in total. The molecular weight excluding hydrogens is 341 g/mol. The quantitative estimate of drug-likeness (QED) is 0.872. The molecule has 2 aliphatic rings. The number of carbonyl (C=O) groups excluding carboxylic acids is 1. The van der Waals surface area contributed by atoms with Gasteiger partial charge in [-0.2, -0.15) is 0 Å². The number of anilines is 1. The normalized spacial score (nSPS) is 24.7. The van der Waals surface area contributed by atoms with Crippen molar-refractivity contribution in [3.05, 3.63) is 30.1 Å². The predicted molar refractivity (Wildman–Crippen MR) is 108 cm³/mol. The second kappa shape index (κ2) is 8.59. The molecule has 4 nitrogen and oxygen atoms in total. The van der Waals surface area contributed by atoms with Crippen LogP contribution in [0.15, 0.2) is 24.3 Å². The topological polar surface area (TPSA) is 35.6 Å². The fourth-order valence-electron chi connectivity index (χ4n) is 4.61. The van der Waals surface area contributed by atoms with Crippen molar-refractivity contribution < 1.29 is 9.18 Å². The van der Waals surface area contributed by atoms with E-state index >= 15 is 0 Å². The molecular formula is C22H34FN3O. The Labute approximate surface area is 163 Å². The zero-order valence-electron chi connectivity index (χ0n) is 17.0. The third-order valence-electron chi connectivity index (χ3n) is 6.16. The van der Waals surface area contributed by atoms with E-state index in [9.17, 15) is 9.18 Å². The molecule has 27 heavy (non-hydrogen) atoms. The maximum atomic E-state index is 13.1. The molecule has 0 spiro atoms. The van der Waals surface area contributed by atoms with E-state index in [-0.39, 0.29) is 17.1 Å². The van der Waals surface area contributed by atoms with E-state index in [4.69, 9.17) is 0 Å². The minimum Gasteiger partial charge on any atom is -0.369 e. The van der Waals surface area contributed by atoms with Crippen LogP contribution in [0, 0.1) is 17.2 Å². The minimum atomic E-state index is -0.203. The van der Waals surface area contributed by atoms with Crippen LogP contribution >= 0.6 is 0 Å². The number of piperazine rings is 1. The van der Waals surface area contributed by atoms with Crippen molar-refractivity contribution in [2.45, 2.75) is 52.5 Å². The molecule has 5 heteroatoms. The maximum absolute atomic E-state index is 13.1. The molecule has 1 heterocycles. The van der Waals surface area contributed by atoms with Gasteiger partial charge in [0.1, 0.15) is 5.82 Å². The van der Waals surface area contributed by atoms with Crippen molar-refractivity contribution in [2.75, 3.05) is 37.6 Å². The van der Waals surface area contributed by atoms with E-state index in [1.54, 1.807) is 0 Å². The average molecular weight is 376 g/mol. The molecule has 150 valence electrons. The summed E-state index contributed by atoms with van der Waals surface area (Å²) < 4.78 is 13.1. The SMILES string of the molecule is CC(C)(C)[C@H]1CCCC[C@@H]1NC(=O)CN1CCN(c2ccc(F)cc2)CC1. The van der Waals surface area contributed by atoms with Crippen LogP contribution in [-0.4, -0.2) is 49.6 Å². The summed E-state index contributed by atoms with van der Waals surface area (Å²) in [6, 6.07) is 6.98. The number of amides is 1. The first-order valence-electron chi connectivity index (χ1n) is 10.3. The van der Waals surface area contributed by atoms with Gasteiger partial charge in [-0.05, 0) is 48.4 Å². The summed E-state index contributed by atoms with van der Waals surface area (Å²) in [7, 11) is 0. The lowest BCUT2D eigenvalue weighted by molar-refractivity contribution is -0.124. The van der Waals surface area contributed by atoms with Crippen LogP contribution in [0.25, 0.3) is 0 Å². The van der Waals surface area contributed by atoms with Crippen LogP contribution in [0.2, 0.25) is 0 Å². The number of benzene rings is 1. The van der Waals surface area contributed by atoms with E-state index in [0.29, 0.717) is 18.5 Å². The van der Waals surface area contributed by atoms with E-state index in [1.807, 2.05) is 12.1 Å². The molecule has 2 fully saturated rings. The van der Waals surface area contributed by atoms with Crippen LogP contribution in [0.3, 0.4) is 0 Å². The summed E-state index contributed by atoms with van der Waals surface area (Å²) in [5, 5.41) is 3.34. The first-order chi connectivity index (χ1) is 12.8. The lowest BCUT2D eigenvalue weighted by atomic mass is 9.69. The Hall–Kier alpha value is -1.62. The number of nitrogens with one attached hydrogen (secondary N) is 1. The number of hydrogen-bond acceptors (Lipinski definition) is 3. The Bertz CT molecular complexity index is 617. The van der Waals surface area contributed by atoms with Crippen molar-refractivity contribution in [3.8, 4) is 0 Å². The standard InChI is InChI=1S/C22H34FN3O/c1-22(2,3)19-6-4-5-7-20(19)24-21(27)16-25-12-14-26(15-13-25)18-10-8-17(23)9-11-18/h8-11,19-20H,4-7,12-16H2,1-3H3,(H,24,27)/t19-,20-/m0/s1. The second-order valence-electron chi connectivity index (χ2n) is 9.17. The van der Waals surface area contributed by atoms with Crippen LogP contribution in [-0.2, 0) is 4.79 Å². The van der Waals surface area contributed by atoms with Gasteiger partial charge in [0.25, 0.3) is 0 Å². The Kier molecular flexibility index (Phi) is 6.40.